The van der Waals surface area contributed by atoms with Gasteiger partial charge in [-0.3, -0.25) is 0 Å². The highest BCUT2D eigenvalue weighted by atomic mass is 79.9. The maximum absolute atomic E-state index is 13.0. The Morgan fingerprint density at radius 3 is 2.62 bits per heavy atom. The number of hydrogen-bond donors (Lipinski definition) is 4. The van der Waals surface area contributed by atoms with Crippen LogP contribution in [0.5, 0.6) is 5.75 Å². The van der Waals surface area contributed by atoms with E-state index in [1.165, 1.54) is 6.07 Å². The Bertz CT molecular complexity index is 923. The molecular formula is C19H18BrF3N2O4. The van der Waals surface area contributed by atoms with Crippen molar-refractivity contribution in [1.82, 2.24) is 5.32 Å². The Hall–Kier alpha value is -2.30. The van der Waals surface area contributed by atoms with Crippen molar-refractivity contribution in [2.75, 3.05) is 12.4 Å². The lowest BCUT2D eigenvalue weighted by Gasteiger charge is -2.22. The highest BCUT2D eigenvalue weighted by molar-refractivity contribution is 9.10. The first-order chi connectivity index (χ1) is 13.6. The number of carbonyl (C=O) groups excluding carboxylic acids is 1. The van der Waals surface area contributed by atoms with E-state index >= 15 is 0 Å². The van der Waals surface area contributed by atoms with Crippen LogP contribution in [0, 0.1) is 0 Å². The van der Waals surface area contributed by atoms with Crippen molar-refractivity contribution in [1.29, 1.82) is 0 Å². The quantitative estimate of drug-likeness (QED) is 0.541. The monoisotopic (exact) mass is 474 g/mol. The van der Waals surface area contributed by atoms with E-state index in [4.69, 9.17) is 4.74 Å². The van der Waals surface area contributed by atoms with Crippen LogP contribution >= 0.6 is 15.9 Å². The fourth-order valence-electron chi connectivity index (χ4n) is 3.35. The van der Waals surface area contributed by atoms with E-state index in [2.05, 4.69) is 26.6 Å². The first-order valence-electron chi connectivity index (χ1n) is 8.57. The second kappa shape index (κ2) is 8.21. The Balaban J connectivity index is 1.80. The van der Waals surface area contributed by atoms with Gasteiger partial charge in [-0.1, -0.05) is 40.2 Å². The van der Waals surface area contributed by atoms with Gasteiger partial charge in [-0.05, 0) is 29.7 Å². The molecule has 0 heterocycles. The number of carbonyl (C=O) groups is 1. The number of benzene rings is 2. The fourth-order valence-corrected chi connectivity index (χ4v) is 3.82. The van der Waals surface area contributed by atoms with Crippen LogP contribution in [0.1, 0.15) is 28.9 Å². The number of nitrogens with one attached hydrogen (secondary N) is 2. The lowest BCUT2D eigenvalue weighted by molar-refractivity contribution is -0.207. The molecule has 1 aliphatic rings. The predicted molar refractivity (Wildman–Crippen MR) is 103 cm³/mol. The number of urea groups is 1. The Morgan fingerprint density at radius 2 is 2.00 bits per heavy atom. The van der Waals surface area contributed by atoms with E-state index < -0.39 is 36.0 Å². The molecule has 0 fully saturated rings. The van der Waals surface area contributed by atoms with Gasteiger partial charge in [0.2, 0.25) is 0 Å². The fraction of sp³-hybridized carbons (Fsp3) is 0.316. The Labute approximate surface area is 172 Å². The number of methoxy groups -OCH3 is 1. The zero-order chi connectivity index (χ0) is 21.3. The maximum atomic E-state index is 13.0. The lowest BCUT2D eigenvalue weighted by Crippen LogP contribution is -2.40. The van der Waals surface area contributed by atoms with E-state index in [1.54, 1.807) is 12.1 Å². The molecule has 4 N–H and O–H groups in total. The summed E-state index contributed by atoms with van der Waals surface area (Å²) in [6.45, 7) is 0. The van der Waals surface area contributed by atoms with E-state index in [0.29, 0.717) is 12.0 Å². The number of ether oxygens (including phenoxy) is 1. The molecule has 6 nitrogen and oxygen atoms in total. The molecule has 3 atom stereocenters. The summed E-state index contributed by atoms with van der Waals surface area (Å²) < 4.78 is 44.1. The van der Waals surface area contributed by atoms with Crippen molar-refractivity contribution < 1.29 is 32.9 Å². The van der Waals surface area contributed by atoms with Crippen LogP contribution in [-0.2, 0) is 6.42 Å². The van der Waals surface area contributed by atoms with Gasteiger partial charge in [-0.15, -0.1) is 0 Å². The van der Waals surface area contributed by atoms with Crippen molar-refractivity contribution in [2.24, 2.45) is 0 Å². The number of rotatable bonds is 4. The zero-order valence-corrected chi connectivity index (χ0v) is 16.7. The summed E-state index contributed by atoms with van der Waals surface area (Å²) in [7, 11) is 1.14. The van der Waals surface area contributed by atoms with Gasteiger partial charge in [0.25, 0.3) is 0 Å². The highest BCUT2D eigenvalue weighted by Crippen LogP contribution is 2.42. The van der Waals surface area contributed by atoms with E-state index in [9.17, 15) is 28.2 Å². The third-order valence-corrected chi connectivity index (χ3v) is 5.11. The minimum atomic E-state index is -4.91. The number of alkyl halides is 3. The smallest absolute Gasteiger partial charge is 0.418 e. The summed E-state index contributed by atoms with van der Waals surface area (Å²) in [4.78, 5) is 12.4. The number of fused-ring (bicyclic) bond motifs is 1. The third kappa shape index (κ3) is 4.49. The number of halogens is 4. The number of aliphatic hydroxyl groups is 2. The molecule has 2 aromatic carbocycles. The zero-order valence-electron chi connectivity index (χ0n) is 15.1. The number of hydrogen-bond acceptors (Lipinski definition) is 4. The SMILES string of the molecule is COc1c(NC(=O)N[C@@H]2Cc3ccccc3[C@@H]2O)cc(Br)cc1[C@H](O)C(F)(F)F. The summed E-state index contributed by atoms with van der Waals surface area (Å²) in [5, 5.41) is 25.1. The second-order valence-corrected chi connectivity index (χ2v) is 7.49. The van der Waals surface area contributed by atoms with Gasteiger partial charge < -0.3 is 25.6 Å². The Kier molecular flexibility index (Phi) is 6.06. The number of aliphatic hydroxyl groups excluding tert-OH is 2. The van der Waals surface area contributed by atoms with Crippen LogP contribution in [-0.4, -0.2) is 35.6 Å². The van der Waals surface area contributed by atoms with Crippen LogP contribution in [0.2, 0.25) is 0 Å². The molecule has 156 valence electrons. The van der Waals surface area contributed by atoms with Crippen molar-refractivity contribution in [3.05, 3.63) is 57.6 Å². The first kappa shape index (κ1) is 21.4. The van der Waals surface area contributed by atoms with Crippen molar-refractivity contribution in [3.8, 4) is 5.75 Å². The van der Waals surface area contributed by atoms with Gasteiger partial charge in [0.05, 0.1) is 24.9 Å². The molecule has 0 aliphatic heterocycles. The third-order valence-electron chi connectivity index (χ3n) is 4.65. The van der Waals surface area contributed by atoms with E-state index in [-0.39, 0.29) is 15.9 Å². The molecule has 29 heavy (non-hydrogen) atoms. The second-order valence-electron chi connectivity index (χ2n) is 6.57. The average molecular weight is 475 g/mol. The molecule has 0 saturated carbocycles. The van der Waals surface area contributed by atoms with Crippen molar-refractivity contribution >= 4 is 27.6 Å². The van der Waals surface area contributed by atoms with Crippen LogP contribution in [0.25, 0.3) is 0 Å². The number of amides is 2. The molecule has 10 heteroatoms. The molecule has 2 amide bonds. The van der Waals surface area contributed by atoms with Crippen LogP contribution in [0.15, 0.2) is 40.9 Å². The molecule has 1 aliphatic carbocycles. The van der Waals surface area contributed by atoms with Crippen LogP contribution in [0.3, 0.4) is 0 Å². The Morgan fingerprint density at radius 1 is 1.31 bits per heavy atom. The van der Waals surface area contributed by atoms with Gasteiger partial charge in [0.15, 0.2) is 6.10 Å². The molecule has 0 spiro atoms. The summed E-state index contributed by atoms with van der Waals surface area (Å²) in [5.41, 5.74) is 1.01. The minimum Gasteiger partial charge on any atom is -0.494 e. The molecule has 0 aromatic heterocycles. The van der Waals surface area contributed by atoms with E-state index in [1.807, 2.05) is 12.1 Å². The largest absolute Gasteiger partial charge is 0.494 e. The molecule has 0 radical (unpaired) electrons. The van der Waals surface area contributed by atoms with Crippen LogP contribution < -0.4 is 15.4 Å². The molecule has 0 unspecified atom stereocenters. The maximum Gasteiger partial charge on any atom is 0.418 e. The topological polar surface area (TPSA) is 90.8 Å². The standard InChI is InChI=1S/C19H18BrF3N2O4/c1-29-16-12(17(27)19(21,22)23)7-10(20)8-14(16)25-18(28)24-13-6-9-4-2-3-5-11(9)15(13)26/h2-5,7-8,13,15,17,26-27H,6H2,1H3,(H2,24,25,28)/t13-,15+,17+/m1/s1. The number of anilines is 1. The molecule has 3 rings (SSSR count). The minimum absolute atomic E-state index is 0.0670. The summed E-state index contributed by atoms with van der Waals surface area (Å²) in [6, 6.07) is 8.32. The van der Waals surface area contributed by atoms with E-state index in [0.717, 1.165) is 18.7 Å². The van der Waals surface area contributed by atoms with Gasteiger partial charge in [0, 0.05) is 10.0 Å². The first-order valence-corrected chi connectivity index (χ1v) is 9.36. The molecule has 2 aromatic rings. The summed E-state index contributed by atoms with van der Waals surface area (Å²) in [6.07, 6.45) is -8.18. The highest BCUT2D eigenvalue weighted by Gasteiger charge is 2.41. The lowest BCUT2D eigenvalue weighted by atomic mass is 10.1. The van der Waals surface area contributed by atoms with Gasteiger partial charge >= 0.3 is 12.2 Å². The normalized spacial score (nSPS) is 19.4. The molecular weight excluding hydrogens is 457 g/mol. The molecule has 0 saturated heterocycles. The van der Waals surface area contributed by atoms with Crippen molar-refractivity contribution in [3.63, 3.8) is 0 Å². The summed E-state index contributed by atoms with van der Waals surface area (Å²) in [5.74, 6) is -0.316. The summed E-state index contributed by atoms with van der Waals surface area (Å²) >= 11 is 3.07. The van der Waals surface area contributed by atoms with Gasteiger partial charge in [0.1, 0.15) is 5.75 Å². The predicted octanol–water partition coefficient (Wildman–Crippen LogP) is 3.83. The average Bonchev–Trinajstić information content (AvgIpc) is 2.95. The van der Waals surface area contributed by atoms with Gasteiger partial charge in [-0.25, -0.2) is 4.79 Å². The van der Waals surface area contributed by atoms with Crippen LogP contribution in [0.4, 0.5) is 23.7 Å². The van der Waals surface area contributed by atoms with Crippen molar-refractivity contribution in [2.45, 2.75) is 30.8 Å². The molecule has 0 bridgehead atoms. The van der Waals surface area contributed by atoms with Gasteiger partial charge in [-0.2, -0.15) is 13.2 Å².